The zero-order chi connectivity index (χ0) is 20.4. The van der Waals surface area contributed by atoms with Crippen molar-refractivity contribution in [1.82, 2.24) is 4.72 Å². The quantitative estimate of drug-likeness (QED) is 0.672. The van der Waals surface area contributed by atoms with E-state index >= 15 is 0 Å². The summed E-state index contributed by atoms with van der Waals surface area (Å²) in [7, 11) is -2.48. The van der Waals surface area contributed by atoms with Crippen LogP contribution in [-0.2, 0) is 10.0 Å². The lowest BCUT2D eigenvalue weighted by Crippen LogP contribution is -2.30. The van der Waals surface area contributed by atoms with Gasteiger partial charge in [0.2, 0.25) is 10.0 Å². The number of hydrogen-bond acceptors (Lipinski definition) is 4. The van der Waals surface area contributed by atoms with E-state index in [0.717, 1.165) is 6.07 Å². The Morgan fingerprint density at radius 1 is 1.07 bits per heavy atom. The first-order valence-electron chi connectivity index (χ1n) is 7.71. The average molecular weight is 452 g/mol. The molecule has 0 atom stereocenters. The van der Waals surface area contributed by atoms with E-state index in [1.165, 1.54) is 19.2 Å². The molecule has 0 aromatic heterocycles. The molecule has 0 heterocycles. The first kappa shape index (κ1) is 21.8. The van der Waals surface area contributed by atoms with Gasteiger partial charge >= 0.3 is 0 Å². The molecule has 2 aromatic rings. The predicted octanol–water partition coefficient (Wildman–Crippen LogP) is 4.59. The molecule has 27 heavy (non-hydrogen) atoms. The molecule has 2 aromatic carbocycles. The fourth-order valence-corrected chi connectivity index (χ4v) is 4.53. The third kappa shape index (κ3) is 5.27. The first-order chi connectivity index (χ1) is 12.5. The monoisotopic (exact) mass is 450 g/mol. The third-order valence-corrected chi connectivity index (χ3v) is 6.03. The van der Waals surface area contributed by atoms with Crippen molar-refractivity contribution in [3.63, 3.8) is 0 Å². The number of carbonyl (C=O) groups excluding carboxylic acids is 1. The molecular formula is C17H17Cl3N2O4S. The van der Waals surface area contributed by atoms with E-state index in [1.807, 2.05) is 0 Å². The van der Waals surface area contributed by atoms with Crippen molar-refractivity contribution in [2.75, 3.05) is 12.4 Å². The van der Waals surface area contributed by atoms with Crippen molar-refractivity contribution >= 4 is 56.4 Å². The van der Waals surface area contributed by atoms with Gasteiger partial charge in [-0.2, -0.15) is 0 Å². The number of sulfonamides is 1. The van der Waals surface area contributed by atoms with Crippen molar-refractivity contribution in [2.24, 2.45) is 0 Å². The Bertz CT molecular complexity index is 978. The van der Waals surface area contributed by atoms with E-state index in [-0.39, 0.29) is 26.5 Å². The summed E-state index contributed by atoms with van der Waals surface area (Å²) in [6, 6.07) is 6.68. The number of rotatable bonds is 6. The molecule has 0 saturated heterocycles. The van der Waals surface area contributed by atoms with E-state index in [4.69, 9.17) is 39.5 Å². The molecule has 0 bridgehead atoms. The van der Waals surface area contributed by atoms with Crippen LogP contribution < -0.4 is 14.8 Å². The van der Waals surface area contributed by atoms with Crippen molar-refractivity contribution in [3.8, 4) is 5.75 Å². The summed E-state index contributed by atoms with van der Waals surface area (Å²) in [5, 5.41) is 2.90. The van der Waals surface area contributed by atoms with Gasteiger partial charge in [-0.25, -0.2) is 13.1 Å². The lowest BCUT2D eigenvalue weighted by molar-refractivity contribution is 0.102. The van der Waals surface area contributed by atoms with E-state index in [1.54, 1.807) is 26.0 Å². The zero-order valence-electron chi connectivity index (χ0n) is 14.6. The number of amides is 1. The second-order valence-corrected chi connectivity index (χ2v) is 8.77. The van der Waals surface area contributed by atoms with E-state index in [2.05, 4.69) is 10.0 Å². The number of anilines is 1. The summed E-state index contributed by atoms with van der Waals surface area (Å²) in [4.78, 5) is 12.4. The minimum atomic E-state index is -3.92. The Balaban J connectivity index is 2.46. The number of hydrogen-bond donors (Lipinski definition) is 2. The lowest BCUT2D eigenvalue weighted by Gasteiger charge is -2.14. The summed E-state index contributed by atoms with van der Waals surface area (Å²) in [6.45, 7) is 3.33. The normalized spacial score (nSPS) is 11.5. The molecule has 146 valence electrons. The molecule has 0 saturated carbocycles. The molecule has 1 amide bonds. The van der Waals surface area contributed by atoms with Crippen molar-refractivity contribution < 1.29 is 17.9 Å². The van der Waals surface area contributed by atoms with Crippen LogP contribution >= 0.6 is 34.8 Å². The minimum Gasteiger partial charge on any atom is -0.495 e. The second-order valence-electron chi connectivity index (χ2n) is 5.84. The summed E-state index contributed by atoms with van der Waals surface area (Å²) in [6.07, 6.45) is 0. The van der Waals surface area contributed by atoms with Crippen molar-refractivity contribution in [2.45, 2.75) is 24.8 Å². The van der Waals surface area contributed by atoms with Crippen molar-refractivity contribution in [1.29, 1.82) is 0 Å². The largest absolute Gasteiger partial charge is 0.495 e. The van der Waals surface area contributed by atoms with Gasteiger partial charge in [0.05, 0.1) is 28.4 Å². The van der Waals surface area contributed by atoms with Crippen LogP contribution in [0.3, 0.4) is 0 Å². The number of methoxy groups -OCH3 is 1. The highest BCUT2D eigenvalue weighted by Crippen LogP contribution is 2.31. The van der Waals surface area contributed by atoms with Crippen LogP contribution in [0.4, 0.5) is 5.69 Å². The standard InChI is InChI=1S/C17H17Cl3N2O4S/c1-9(2)22-27(24,25)16-7-11(12(19)8-13(16)20)17(23)21-14-6-10(18)4-5-15(14)26-3/h4-9,22H,1-3H3,(H,21,23). The lowest BCUT2D eigenvalue weighted by atomic mass is 10.2. The number of nitrogens with one attached hydrogen (secondary N) is 2. The van der Waals surface area contributed by atoms with E-state index in [9.17, 15) is 13.2 Å². The fraction of sp³-hybridized carbons (Fsp3) is 0.235. The van der Waals surface area contributed by atoms with Gasteiger partial charge in [-0.15, -0.1) is 0 Å². The molecule has 0 fully saturated rings. The van der Waals surface area contributed by atoms with Gasteiger partial charge in [0, 0.05) is 11.1 Å². The van der Waals surface area contributed by atoms with Crippen LogP contribution in [0, 0.1) is 0 Å². The van der Waals surface area contributed by atoms with Gasteiger partial charge in [-0.3, -0.25) is 4.79 Å². The maximum atomic E-state index is 12.7. The van der Waals surface area contributed by atoms with Crippen LogP contribution in [0.15, 0.2) is 35.2 Å². The van der Waals surface area contributed by atoms with Gasteiger partial charge in [-0.05, 0) is 44.2 Å². The van der Waals surface area contributed by atoms with E-state index in [0.29, 0.717) is 16.5 Å². The van der Waals surface area contributed by atoms with Gasteiger partial charge in [0.15, 0.2) is 0 Å². The predicted molar refractivity (Wildman–Crippen MR) is 108 cm³/mol. The van der Waals surface area contributed by atoms with Gasteiger partial charge in [0.1, 0.15) is 10.6 Å². The van der Waals surface area contributed by atoms with Crippen LogP contribution in [0.2, 0.25) is 15.1 Å². The molecule has 0 aliphatic heterocycles. The number of halogens is 3. The second kappa shape index (κ2) is 8.67. The van der Waals surface area contributed by atoms with Gasteiger partial charge in [0.25, 0.3) is 5.91 Å². The molecule has 10 heteroatoms. The summed E-state index contributed by atoms with van der Waals surface area (Å²) in [5.74, 6) is -0.259. The SMILES string of the molecule is COc1ccc(Cl)cc1NC(=O)c1cc(S(=O)(=O)NC(C)C)c(Cl)cc1Cl. The summed E-state index contributed by atoms with van der Waals surface area (Å²) < 4.78 is 32.5. The molecule has 6 nitrogen and oxygen atoms in total. The molecule has 2 N–H and O–H groups in total. The van der Waals surface area contributed by atoms with Crippen LogP contribution in [0.1, 0.15) is 24.2 Å². The highest BCUT2D eigenvalue weighted by molar-refractivity contribution is 7.89. The maximum Gasteiger partial charge on any atom is 0.257 e. The Hall–Kier alpha value is -1.51. The van der Waals surface area contributed by atoms with Gasteiger partial charge in [-0.1, -0.05) is 34.8 Å². The molecular weight excluding hydrogens is 435 g/mol. The topological polar surface area (TPSA) is 84.5 Å². The minimum absolute atomic E-state index is 0.00184. The van der Waals surface area contributed by atoms with E-state index < -0.39 is 15.9 Å². The summed E-state index contributed by atoms with van der Waals surface area (Å²) >= 11 is 18.1. The van der Waals surface area contributed by atoms with Crippen LogP contribution in [-0.4, -0.2) is 27.5 Å². The number of ether oxygens (including phenoxy) is 1. The highest BCUT2D eigenvalue weighted by Gasteiger charge is 2.23. The van der Waals surface area contributed by atoms with Crippen LogP contribution in [0.5, 0.6) is 5.75 Å². The maximum absolute atomic E-state index is 12.7. The summed E-state index contributed by atoms with van der Waals surface area (Å²) in [5.41, 5.74) is 0.248. The Kier molecular flexibility index (Phi) is 6.99. The Labute approximate surface area is 172 Å². The van der Waals surface area contributed by atoms with Gasteiger partial charge < -0.3 is 10.1 Å². The van der Waals surface area contributed by atoms with Crippen molar-refractivity contribution in [3.05, 3.63) is 51.0 Å². The van der Waals surface area contributed by atoms with Crippen LogP contribution in [0.25, 0.3) is 0 Å². The molecule has 0 radical (unpaired) electrons. The molecule has 0 unspecified atom stereocenters. The zero-order valence-corrected chi connectivity index (χ0v) is 17.7. The smallest absolute Gasteiger partial charge is 0.257 e. The number of carbonyl (C=O) groups is 1. The third-order valence-electron chi connectivity index (χ3n) is 3.36. The highest BCUT2D eigenvalue weighted by atomic mass is 35.5. The Morgan fingerprint density at radius 3 is 2.33 bits per heavy atom. The average Bonchev–Trinajstić information content (AvgIpc) is 2.53. The number of benzene rings is 2. The first-order valence-corrected chi connectivity index (χ1v) is 10.3. The Morgan fingerprint density at radius 2 is 1.74 bits per heavy atom. The molecule has 0 spiro atoms. The molecule has 2 rings (SSSR count). The molecule has 0 aliphatic carbocycles. The molecule has 0 aliphatic rings. The fourth-order valence-electron chi connectivity index (χ4n) is 2.25.